The number of nitrogens with zero attached hydrogens (tertiary/aromatic N) is 1. The molecule has 0 amide bonds. The molecule has 0 aliphatic carbocycles. The van der Waals surface area contributed by atoms with Gasteiger partial charge < -0.3 is 20.8 Å². The number of aliphatic hydroxyl groups is 1. The molecule has 94 valence electrons. The summed E-state index contributed by atoms with van der Waals surface area (Å²) in [7, 11) is 2.01. The van der Waals surface area contributed by atoms with E-state index in [1.165, 1.54) is 0 Å². The summed E-state index contributed by atoms with van der Waals surface area (Å²) in [6.45, 7) is 2.73. The van der Waals surface area contributed by atoms with Gasteiger partial charge in [0.1, 0.15) is 5.75 Å². The van der Waals surface area contributed by atoms with Crippen molar-refractivity contribution < 1.29 is 10.2 Å². The highest BCUT2D eigenvalue weighted by molar-refractivity contribution is 5.63. The van der Waals surface area contributed by atoms with Crippen LogP contribution in [0.2, 0.25) is 0 Å². The van der Waals surface area contributed by atoms with Gasteiger partial charge in [0.2, 0.25) is 0 Å². The van der Waals surface area contributed by atoms with Crippen LogP contribution in [0.4, 0.5) is 5.69 Å². The normalized spacial score (nSPS) is 18.7. The fraction of sp³-hybridized carbons (Fsp3) is 0.538. The van der Waals surface area contributed by atoms with Gasteiger partial charge in [0, 0.05) is 36.4 Å². The molecule has 4 heteroatoms. The highest BCUT2D eigenvalue weighted by Crippen LogP contribution is 2.38. The van der Waals surface area contributed by atoms with E-state index in [2.05, 4.69) is 4.90 Å². The molecule has 0 saturated carbocycles. The van der Waals surface area contributed by atoms with Crippen molar-refractivity contribution in [2.24, 2.45) is 5.73 Å². The van der Waals surface area contributed by atoms with Crippen LogP contribution in [0.25, 0.3) is 0 Å². The second kappa shape index (κ2) is 4.55. The molecule has 1 aliphatic heterocycles. The summed E-state index contributed by atoms with van der Waals surface area (Å²) in [5.41, 5.74) is 8.18. The minimum absolute atomic E-state index is 0.207. The summed E-state index contributed by atoms with van der Waals surface area (Å²) < 4.78 is 0. The number of hydrogen-bond acceptors (Lipinski definition) is 4. The number of aliphatic hydroxyl groups excluding tert-OH is 1. The molecule has 4 nitrogen and oxygen atoms in total. The van der Waals surface area contributed by atoms with E-state index in [4.69, 9.17) is 5.73 Å². The van der Waals surface area contributed by atoms with Gasteiger partial charge in [-0.25, -0.2) is 0 Å². The van der Waals surface area contributed by atoms with E-state index >= 15 is 0 Å². The van der Waals surface area contributed by atoms with Crippen LogP contribution in [0.15, 0.2) is 12.1 Å². The molecule has 1 aliphatic rings. The Kier molecular flexibility index (Phi) is 3.26. The summed E-state index contributed by atoms with van der Waals surface area (Å²) in [5, 5.41) is 20.2. The summed E-state index contributed by atoms with van der Waals surface area (Å²) in [6.07, 6.45) is 1.06. The minimum atomic E-state index is -0.812. The number of nitrogens with two attached hydrogens (primary N) is 1. The van der Waals surface area contributed by atoms with Gasteiger partial charge in [-0.1, -0.05) is 6.07 Å². The lowest BCUT2D eigenvalue weighted by atomic mass is 9.94. The van der Waals surface area contributed by atoms with Crippen molar-refractivity contribution in [1.82, 2.24) is 0 Å². The van der Waals surface area contributed by atoms with Crippen molar-refractivity contribution in [1.29, 1.82) is 0 Å². The molecule has 2 unspecified atom stereocenters. The zero-order chi connectivity index (χ0) is 12.6. The van der Waals surface area contributed by atoms with Crippen LogP contribution in [-0.2, 0) is 6.42 Å². The average Bonchev–Trinajstić information content (AvgIpc) is 2.30. The Morgan fingerprint density at radius 2 is 2.12 bits per heavy atom. The van der Waals surface area contributed by atoms with Crippen molar-refractivity contribution in [3.05, 3.63) is 23.3 Å². The Bertz CT molecular complexity index is 418. The van der Waals surface area contributed by atoms with Crippen molar-refractivity contribution in [2.45, 2.75) is 31.9 Å². The molecule has 0 bridgehead atoms. The number of hydrogen-bond donors (Lipinski definition) is 3. The van der Waals surface area contributed by atoms with Crippen LogP contribution in [0, 0.1) is 0 Å². The average molecular weight is 236 g/mol. The number of phenols is 1. The van der Waals surface area contributed by atoms with E-state index in [1.54, 1.807) is 13.0 Å². The monoisotopic (exact) mass is 236 g/mol. The number of aromatic hydroxyl groups is 1. The Morgan fingerprint density at radius 3 is 2.76 bits per heavy atom. The summed E-state index contributed by atoms with van der Waals surface area (Å²) in [4.78, 5) is 2.13. The first-order valence-electron chi connectivity index (χ1n) is 6.02. The van der Waals surface area contributed by atoms with Crippen molar-refractivity contribution in [2.75, 3.05) is 18.5 Å². The molecule has 1 heterocycles. The second-order valence-electron chi connectivity index (χ2n) is 4.83. The minimum Gasteiger partial charge on any atom is -0.507 e. The molecule has 1 aromatic rings. The SMILES string of the molecule is CC(N)C(O)c1ccc2c(c1O)CCCN2C. The molecule has 1 aromatic carbocycles. The highest BCUT2D eigenvalue weighted by Gasteiger charge is 2.23. The molecule has 0 saturated heterocycles. The van der Waals surface area contributed by atoms with Crippen molar-refractivity contribution in [3.8, 4) is 5.75 Å². The first-order chi connectivity index (χ1) is 8.02. The fourth-order valence-corrected chi connectivity index (χ4v) is 2.38. The van der Waals surface area contributed by atoms with E-state index in [0.29, 0.717) is 5.56 Å². The number of fused-ring (bicyclic) bond motifs is 1. The van der Waals surface area contributed by atoms with E-state index in [9.17, 15) is 10.2 Å². The topological polar surface area (TPSA) is 69.7 Å². The van der Waals surface area contributed by atoms with E-state index in [-0.39, 0.29) is 11.8 Å². The van der Waals surface area contributed by atoms with Gasteiger partial charge >= 0.3 is 0 Å². The molecule has 2 atom stereocenters. The number of benzene rings is 1. The Balaban J connectivity index is 2.45. The fourth-order valence-electron chi connectivity index (χ4n) is 2.38. The maximum absolute atomic E-state index is 10.2. The lowest BCUT2D eigenvalue weighted by molar-refractivity contribution is 0.149. The quantitative estimate of drug-likeness (QED) is 0.720. The molecule has 0 aromatic heterocycles. The molecule has 4 N–H and O–H groups in total. The third kappa shape index (κ3) is 2.10. The molecular weight excluding hydrogens is 216 g/mol. The lowest BCUT2D eigenvalue weighted by Crippen LogP contribution is -2.27. The van der Waals surface area contributed by atoms with Crippen LogP contribution in [0.3, 0.4) is 0 Å². The molecular formula is C13H20N2O2. The Morgan fingerprint density at radius 1 is 1.41 bits per heavy atom. The molecule has 0 spiro atoms. The van der Waals surface area contributed by atoms with Crippen LogP contribution in [0.1, 0.15) is 30.6 Å². The highest BCUT2D eigenvalue weighted by atomic mass is 16.3. The third-order valence-corrected chi connectivity index (χ3v) is 3.44. The van der Waals surface area contributed by atoms with Gasteiger partial charge in [0.15, 0.2) is 0 Å². The smallest absolute Gasteiger partial charge is 0.126 e. The van der Waals surface area contributed by atoms with E-state index in [1.807, 2.05) is 13.1 Å². The summed E-state index contributed by atoms with van der Waals surface area (Å²) in [6, 6.07) is 3.33. The first-order valence-corrected chi connectivity index (χ1v) is 6.02. The van der Waals surface area contributed by atoms with Crippen LogP contribution in [-0.4, -0.2) is 29.8 Å². The van der Waals surface area contributed by atoms with Gasteiger partial charge in [0.25, 0.3) is 0 Å². The summed E-state index contributed by atoms with van der Waals surface area (Å²) >= 11 is 0. The number of anilines is 1. The van der Waals surface area contributed by atoms with Crippen molar-refractivity contribution in [3.63, 3.8) is 0 Å². The largest absolute Gasteiger partial charge is 0.507 e. The van der Waals surface area contributed by atoms with Crippen LogP contribution < -0.4 is 10.6 Å². The molecule has 2 rings (SSSR count). The zero-order valence-corrected chi connectivity index (χ0v) is 10.3. The maximum atomic E-state index is 10.2. The summed E-state index contributed by atoms with van der Waals surface area (Å²) in [5.74, 6) is 0.207. The molecule has 0 radical (unpaired) electrons. The third-order valence-electron chi connectivity index (χ3n) is 3.44. The van der Waals surface area contributed by atoms with Gasteiger partial charge in [-0.2, -0.15) is 0 Å². The maximum Gasteiger partial charge on any atom is 0.126 e. The number of rotatable bonds is 2. The Labute approximate surface area is 102 Å². The van der Waals surface area contributed by atoms with Gasteiger partial charge in [-0.3, -0.25) is 0 Å². The number of phenolic OH excluding ortho intramolecular Hbond substituents is 1. The van der Waals surface area contributed by atoms with E-state index in [0.717, 1.165) is 30.6 Å². The molecule has 0 fully saturated rings. The predicted octanol–water partition coefficient (Wildman–Crippen LogP) is 1.16. The second-order valence-corrected chi connectivity index (χ2v) is 4.83. The Hall–Kier alpha value is -1.26. The first kappa shape index (κ1) is 12.2. The van der Waals surface area contributed by atoms with Crippen LogP contribution >= 0.6 is 0 Å². The van der Waals surface area contributed by atoms with Gasteiger partial charge in [-0.15, -0.1) is 0 Å². The predicted molar refractivity (Wildman–Crippen MR) is 68.3 cm³/mol. The van der Waals surface area contributed by atoms with Gasteiger partial charge in [-0.05, 0) is 25.8 Å². The zero-order valence-electron chi connectivity index (χ0n) is 10.3. The van der Waals surface area contributed by atoms with Crippen LogP contribution in [0.5, 0.6) is 5.75 Å². The standard InChI is InChI=1S/C13H20N2O2/c1-8(14)12(16)10-5-6-11-9(13(10)17)4-3-7-15(11)2/h5-6,8,12,16-17H,3-4,7,14H2,1-2H3. The van der Waals surface area contributed by atoms with E-state index < -0.39 is 6.10 Å². The molecule has 17 heavy (non-hydrogen) atoms. The van der Waals surface area contributed by atoms with Crippen molar-refractivity contribution >= 4 is 5.69 Å². The van der Waals surface area contributed by atoms with Gasteiger partial charge in [0.05, 0.1) is 6.10 Å². The lowest BCUT2D eigenvalue weighted by Gasteiger charge is -2.29.